The molecular weight excluding hydrogens is 302 g/mol. The van der Waals surface area contributed by atoms with E-state index in [1.165, 1.54) is 5.56 Å². The van der Waals surface area contributed by atoms with E-state index < -0.39 is 0 Å². The van der Waals surface area contributed by atoms with E-state index in [1.54, 1.807) is 11.1 Å². The number of hydrogen-bond acceptors (Lipinski definition) is 3. The van der Waals surface area contributed by atoms with Crippen LogP contribution in [0.15, 0.2) is 48.7 Å². The van der Waals surface area contributed by atoms with Gasteiger partial charge in [-0.25, -0.2) is 0 Å². The van der Waals surface area contributed by atoms with Crippen LogP contribution in [0.3, 0.4) is 0 Å². The van der Waals surface area contributed by atoms with Crippen molar-refractivity contribution in [2.75, 3.05) is 11.4 Å². The molecular formula is C19H21N3O2. The lowest BCUT2D eigenvalue weighted by atomic mass is 10.1. The molecule has 0 radical (unpaired) electrons. The van der Waals surface area contributed by atoms with Crippen LogP contribution in [-0.2, 0) is 22.6 Å². The second-order valence-corrected chi connectivity index (χ2v) is 5.96. The number of pyridine rings is 1. The fourth-order valence-electron chi connectivity index (χ4n) is 2.87. The number of hydrogen-bond donors (Lipinski definition) is 1. The second kappa shape index (κ2) is 7.25. The third-order valence-corrected chi connectivity index (χ3v) is 4.32. The van der Waals surface area contributed by atoms with Crippen LogP contribution < -0.4 is 10.2 Å². The monoisotopic (exact) mass is 323 g/mol. The Morgan fingerprint density at radius 3 is 2.71 bits per heavy atom. The zero-order valence-electron chi connectivity index (χ0n) is 13.7. The predicted molar refractivity (Wildman–Crippen MR) is 92.4 cm³/mol. The van der Waals surface area contributed by atoms with E-state index >= 15 is 0 Å². The minimum absolute atomic E-state index is 0.00256. The van der Waals surface area contributed by atoms with Gasteiger partial charge in [-0.05, 0) is 36.2 Å². The van der Waals surface area contributed by atoms with E-state index in [9.17, 15) is 9.59 Å². The van der Waals surface area contributed by atoms with Crippen molar-refractivity contribution in [3.05, 3.63) is 59.9 Å². The lowest BCUT2D eigenvalue weighted by Gasteiger charge is -2.17. The van der Waals surface area contributed by atoms with Crippen molar-refractivity contribution < 1.29 is 9.59 Å². The Hall–Kier alpha value is -2.69. The van der Waals surface area contributed by atoms with Crippen molar-refractivity contribution in [2.45, 2.75) is 26.3 Å². The minimum atomic E-state index is -0.313. The molecule has 1 saturated heterocycles. The maximum Gasteiger partial charge on any atom is 0.227 e. The Balaban J connectivity index is 1.60. The number of nitrogens with one attached hydrogen (secondary N) is 1. The molecule has 1 fully saturated rings. The molecule has 0 aliphatic carbocycles. The summed E-state index contributed by atoms with van der Waals surface area (Å²) in [6.45, 7) is 2.91. The highest BCUT2D eigenvalue weighted by Crippen LogP contribution is 2.25. The number of benzene rings is 1. The van der Waals surface area contributed by atoms with Crippen LogP contribution >= 0.6 is 0 Å². The summed E-state index contributed by atoms with van der Waals surface area (Å²) in [5.41, 5.74) is 2.90. The highest BCUT2D eigenvalue weighted by Gasteiger charge is 2.34. The van der Waals surface area contributed by atoms with Crippen molar-refractivity contribution in [1.82, 2.24) is 10.3 Å². The average molecular weight is 323 g/mol. The molecule has 1 aliphatic rings. The molecule has 24 heavy (non-hydrogen) atoms. The van der Waals surface area contributed by atoms with E-state index in [4.69, 9.17) is 0 Å². The number of carbonyl (C=O) groups excluding carboxylic acids is 2. The van der Waals surface area contributed by atoms with Crippen LogP contribution in [0.25, 0.3) is 0 Å². The smallest absolute Gasteiger partial charge is 0.227 e. The first-order valence-corrected chi connectivity index (χ1v) is 8.24. The fraction of sp³-hybridized carbons (Fsp3) is 0.316. The number of aromatic nitrogens is 1. The van der Waals surface area contributed by atoms with Gasteiger partial charge in [0.1, 0.15) is 0 Å². The topological polar surface area (TPSA) is 62.3 Å². The van der Waals surface area contributed by atoms with Crippen LogP contribution in [-0.4, -0.2) is 23.3 Å². The van der Waals surface area contributed by atoms with Gasteiger partial charge in [-0.1, -0.05) is 25.1 Å². The predicted octanol–water partition coefficient (Wildman–Crippen LogP) is 2.31. The Kier molecular flexibility index (Phi) is 4.89. The number of aryl methyl sites for hydroxylation is 1. The third-order valence-electron chi connectivity index (χ3n) is 4.32. The molecule has 0 spiro atoms. The number of anilines is 1. The van der Waals surface area contributed by atoms with E-state index in [0.717, 1.165) is 17.8 Å². The molecule has 5 heteroatoms. The van der Waals surface area contributed by atoms with Crippen LogP contribution in [0.4, 0.5) is 5.69 Å². The summed E-state index contributed by atoms with van der Waals surface area (Å²) in [6, 6.07) is 13.5. The fourth-order valence-corrected chi connectivity index (χ4v) is 2.87. The van der Waals surface area contributed by atoms with Gasteiger partial charge in [0, 0.05) is 24.8 Å². The molecule has 0 saturated carbocycles. The molecule has 1 aromatic heterocycles. The number of rotatable bonds is 5. The van der Waals surface area contributed by atoms with Gasteiger partial charge >= 0.3 is 0 Å². The first kappa shape index (κ1) is 16.2. The largest absolute Gasteiger partial charge is 0.350 e. The summed E-state index contributed by atoms with van der Waals surface area (Å²) in [4.78, 5) is 30.5. The lowest BCUT2D eigenvalue weighted by Crippen LogP contribution is -2.32. The molecule has 1 aromatic carbocycles. The van der Waals surface area contributed by atoms with Gasteiger partial charge in [0.15, 0.2) is 0 Å². The molecule has 2 aromatic rings. The van der Waals surface area contributed by atoms with Gasteiger partial charge in [0.2, 0.25) is 11.8 Å². The van der Waals surface area contributed by atoms with E-state index in [-0.39, 0.29) is 24.2 Å². The van der Waals surface area contributed by atoms with Crippen LogP contribution in [0, 0.1) is 5.92 Å². The molecule has 1 N–H and O–H groups in total. The summed E-state index contributed by atoms with van der Waals surface area (Å²) >= 11 is 0. The first-order chi connectivity index (χ1) is 11.7. The summed E-state index contributed by atoms with van der Waals surface area (Å²) in [5, 5.41) is 2.87. The maximum atomic E-state index is 12.3. The Morgan fingerprint density at radius 2 is 2.04 bits per heavy atom. The molecule has 2 amide bonds. The molecule has 124 valence electrons. The highest BCUT2D eigenvalue weighted by molar-refractivity contribution is 6.00. The molecule has 1 atom stereocenters. The number of carbonyl (C=O) groups is 2. The lowest BCUT2D eigenvalue weighted by molar-refractivity contribution is -0.126. The maximum absolute atomic E-state index is 12.3. The van der Waals surface area contributed by atoms with E-state index in [0.29, 0.717) is 13.1 Å². The summed E-state index contributed by atoms with van der Waals surface area (Å²) < 4.78 is 0. The molecule has 1 aliphatic heterocycles. The third kappa shape index (κ3) is 3.62. The van der Waals surface area contributed by atoms with Crippen LogP contribution in [0.1, 0.15) is 24.6 Å². The van der Waals surface area contributed by atoms with Crippen molar-refractivity contribution in [2.24, 2.45) is 5.92 Å². The van der Waals surface area contributed by atoms with Gasteiger partial charge in [0.25, 0.3) is 0 Å². The number of amides is 2. The van der Waals surface area contributed by atoms with Gasteiger partial charge < -0.3 is 10.2 Å². The van der Waals surface area contributed by atoms with Crippen molar-refractivity contribution in [1.29, 1.82) is 0 Å². The highest BCUT2D eigenvalue weighted by atomic mass is 16.2. The normalized spacial score (nSPS) is 17.1. The SMILES string of the molecule is CCc1ccc(N2C[C@@H](C(=O)NCc3ccccn3)CC2=O)cc1. The average Bonchev–Trinajstić information content (AvgIpc) is 3.02. The van der Waals surface area contributed by atoms with Gasteiger partial charge in [-0.3, -0.25) is 14.6 Å². The zero-order valence-corrected chi connectivity index (χ0v) is 13.7. The Labute approximate surface area is 141 Å². The zero-order chi connectivity index (χ0) is 16.9. The van der Waals surface area contributed by atoms with E-state index in [1.807, 2.05) is 42.5 Å². The summed E-state index contributed by atoms with van der Waals surface area (Å²) in [7, 11) is 0. The van der Waals surface area contributed by atoms with Gasteiger partial charge in [-0.15, -0.1) is 0 Å². The summed E-state index contributed by atoms with van der Waals surface area (Å²) in [5.74, 6) is -0.411. The van der Waals surface area contributed by atoms with Crippen molar-refractivity contribution in [3.8, 4) is 0 Å². The van der Waals surface area contributed by atoms with Crippen LogP contribution in [0.5, 0.6) is 0 Å². The number of nitrogens with zero attached hydrogens (tertiary/aromatic N) is 2. The standard InChI is InChI=1S/C19H21N3O2/c1-2-14-6-8-17(9-7-14)22-13-15(11-18(22)23)19(24)21-12-16-5-3-4-10-20-16/h3-10,15H,2,11-13H2,1H3,(H,21,24)/t15-/m0/s1. The molecule has 0 bridgehead atoms. The van der Waals surface area contributed by atoms with Crippen molar-refractivity contribution >= 4 is 17.5 Å². The van der Waals surface area contributed by atoms with Gasteiger partial charge in [-0.2, -0.15) is 0 Å². The molecule has 5 nitrogen and oxygen atoms in total. The second-order valence-electron chi connectivity index (χ2n) is 5.96. The molecule has 3 rings (SSSR count). The quantitative estimate of drug-likeness (QED) is 0.918. The van der Waals surface area contributed by atoms with Gasteiger partial charge in [0.05, 0.1) is 18.2 Å². The molecule has 2 heterocycles. The van der Waals surface area contributed by atoms with E-state index in [2.05, 4.69) is 17.2 Å². The first-order valence-electron chi connectivity index (χ1n) is 8.24. The van der Waals surface area contributed by atoms with Crippen molar-refractivity contribution in [3.63, 3.8) is 0 Å². The summed E-state index contributed by atoms with van der Waals surface area (Å²) in [6.07, 6.45) is 2.92. The molecule has 0 unspecified atom stereocenters. The Morgan fingerprint density at radius 1 is 1.25 bits per heavy atom. The minimum Gasteiger partial charge on any atom is -0.350 e. The Bertz CT molecular complexity index is 713. The van der Waals surface area contributed by atoms with Crippen LogP contribution in [0.2, 0.25) is 0 Å².